The van der Waals surface area contributed by atoms with Gasteiger partial charge in [-0.25, -0.2) is 14.8 Å². The van der Waals surface area contributed by atoms with Gasteiger partial charge in [0.2, 0.25) is 5.95 Å². The molecule has 0 fully saturated rings. The standard InChI is InChI=1S/C19H18BrN5O3/c1-2-3-8-28-18(27)15-6-4-5-7-16(15)25-17(26)13(9-21)10-22-19-23-11-14(20)12-24-19/h4-7,10-12H,2-3,8H2,1H3,(H,25,26)(H,22,23,24)/b13-10-. The lowest BCUT2D eigenvalue weighted by Gasteiger charge is -2.10. The minimum atomic E-state index is -0.680. The van der Waals surface area contributed by atoms with Gasteiger partial charge in [0.1, 0.15) is 11.6 Å². The smallest absolute Gasteiger partial charge is 0.340 e. The molecule has 8 nitrogen and oxygen atoms in total. The number of aromatic nitrogens is 2. The van der Waals surface area contributed by atoms with Crippen LogP contribution in [0.1, 0.15) is 30.1 Å². The molecular weight excluding hydrogens is 426 g/mol. The lowest BCUT2D eigenvalue weighted by atomic mass is 10.1. The second kappa shape index (κ2) is 10.8. The van der Waals surface area contributed by atoms with Crippen LogP contribution in [-0.4, -0.2) is 28.5 Å². The van der Waals surface area contributed by atoms with E-state index >= 15 is 0 Å². The second-order valence-electron chi connectivity index (χ2n) is 5.53. The van der Waals surface area contributed by atoms with Crippen LogP contribution in [0, 0.1) is 11.3 Å². The molecule has 0 bridgehead atoms. The molecule has 2 N–H and O–H groups in total. The molecule has 0 atom stereocenters. The molecule has 0 saturated heterocycles. The second-order valence-corrected chi connectivity index (χ2v) is 6.44. The molecule has 9 heteroatoms. The fourth-order valence-corrected chi connectivity index (χ4v) is 2.22. The van der Waals surface area contributed by atoms with E-state index in [1.807, 2.05) is 6.92 Å². The van der Waals surface area contributed by atoms with E-state index < -0.39 is 11.9 Å². The van der Waals surface area contributed by atoms with E-state index in [0.717, 1.165) is 12.8 Å². The minimum absolute atomic E-state index is 0.208. The normalized spacial score (nSPS) is 10.7. The number of hydrogen-bond acceptors (Lipinski definition) is 7. The van der Waals surface area contributed by atoms with Gasteiger partial charge in [0.25, 0.3) is 5.91 Å². The van der Waals surface area contributed by atoms with Gasteiger partial charge in [-0.05, 0) is 34.5 Å². The van der Waals surface area contributed by atoms with Crippen LogP contribution >= 0.6 is 15.9 Å². The monoisotopic (exact) mass is 443 g/mol. The Bertz CT molecular complexity index is 907. The number of nitrogens with one attached hydrogen (secondary N) is 2. The predicted molar refractivity (Wildman–Crippen MR) is 107 cm³/mol. The van der Waals surface area contributed by atoms with Gasteiger partial charge in [0.15, 0.2) is 0 Å². The minimum Gasteiger partial charge on any atom is -0.462 e. The van der Waals surface area contributed by atoms with Gasteiger partial charge in [-0.2, -0.15) is 5.26 Å². The van der Waals surface area contributed by atoms with Crippen LogP contribution in [0.15, 0.2) is 52.9 Å². The predicted octanol–water partition coefficient (Wildman–Crippen LogP) is 3.65. The van der Waals surface area contributed by atoms with E-state index in [9.17, 15) is 14.9 Å². The molecule has 1 amide bonds. The number of ether oxygens (including phenoxy) is 1. The maximum atomic E-state index is 12.4. The van der Waals surface area contributed by atoms with Crippen LogP contribution in [0.4, 0.5) is 11.6 Å². The van der Waals surface area contributed by atoms with Gasteiger partial charge in [-0.3, -0.25) is 4.79 Å². The summed E-state index contributed by atoms with van der Waals surface area (Å²) in [5.41, 5.74) is 0.268. The zero-order valence-corrected chi connectivity index (χ0v) is 16.7. The number of nitrogens with zero attached hydrogens (tertiary/aromatic N) is 3. The molecule has 0 aliphatic carbocycles. The topological polar surface area (TPSA) is 117 Å². The molecule has 0 saturated carbocycles. The average molecular weight is 444 g/mol. The maximum Gasteiger partial charge on any atom is 0.340 e. The van der Waals surface area contributed by atoms with Gasteiger partial charge in [-0.15, -0.1) is 0 Å². The summed E-state index contributed by atoms with van der Waals surface area (Å²) in [5.74, 6) is -0.988. The van der Waals surface area contributed by atoms with Crippen molar-refractivity contribution in [2.45, 2.75) is 19.8 Å². The summed E-state index contributed by atoms with van der Waals surface area (Å²) in [6.07, 6.45) is 5.90. The van der Waals surface area contributed by atoms with Crippen LogP contribution in [0.5, 0.6) is 0 Å². The molecule has 28 heavy (non-hydrogen) atoms. The lowest BCUT2D eigenvalue weighted by Crippen LogP contribution is -2.18. The molecule has 1 aromatic carbocycles. The quantitative estimate of drug-likeness (QED) is 0.276. The van der Waals surface area contributed by atoms with E-state index in [1.54, 1.807) is 30.3 Å². The zero-order chi connectivity index (χ0) is 20.4. The number of hydrogen-bond donors (Lipinski definition) is 2. The number of carbonyl (C=O) groups excluding carboxylic acids is 2. The van der Waals surface area contributed by atoms with Crippen molar-refractivity contribution in [1.29, 1.82) is 5.26 Å². The first-order chi connectivity index (χ1) is 13.5. The summed E-state index contributed by atoms with van der Waals surface area (Å²) in [5, 5.41) is 14.5. The first-order valence-corrected chi connectivity index (χ1v) is 9.26. The van der Waals surface area contributed by atoms with E-state index in [2.05, 4.69) is 36.5 Å². The molecular formula is C19H18BrN5O3. The number of amides is 1. The summed E-state index contributed by atoms with van der Waals surface area (Å²) in [6.45, 7) is 2.29. The summed E-state index contributed by atoms with van der Waals surface area (Å²) in [6, 6.07) is 8.25. The van der Waals surface area contributed by atoms with E-state index in [1.165, 1.54) is 18.6 Å². The van der Waals surface area contributed by atoms with Crippen molar-refractivity contribution in [2.75, 3.05) is 17.2 Å². The maximum absolute atomic E-state index is 12.4. The number of anilines is 2. The fourth-order valence-electron chi connectivity index (χ4n) is 2.02. The van der Waals surface area contributed by atoms with E-state index in [0.29, 0.717) is 11.1 Å². The molecule has 0 aliphatic heterocycles. The van der Waals surface area contributed by atoms with Gasteiger partial charge >= 0.3 is 5.97 Å². The first kappa shape index (κ1) is 21.1. The Hall–Kier alpha value is -3.25. The lowest BCUT2D eigenvalue weighted by molar-refractivity contribution is -0.112. The number of unbranched alkanes of at least 4 members (excludes halogenated alkanes) is 1. The molecule has 2 aromatic rings. The van der Waals surface area contributed by atoms with Gasteiger partial charge in [0, 0.05) is 18.6 Å². The number of halogens is 1. The summed E-state index contributed by atoms with van der Waals surface area (Å²) in [7, 11) is 0. The average Bonchev–Trinajstić information content (AvgIpc) is 2.70. The number of carbonyl (C=O) groups is 2. The first-order valence-electron chi connectivity index (χ1n) is 8.47. The highest BCUT2D eigenvalue weighted by molar-refractivity contribution is 9.10. The van der Waals surface area contributed by atoms with Crippen molar-refractivity contribution in [1.82, 2.24) is 9.97 Å². The van der Waals surface area contributed by atoms with Crippen molar-refractivity contribution >= 4 is 39.4 Å². The zero-order valence-electron chi connectivity index (χ0n) is 15.1. The number of para-hydroxylation sites is 1. The summed E-state index contributed by atoms with van der Waals surface area (Å²) in [4.78, 5) is 32.6. The van der Waals surface area contributed by atoms with Crippen molar-refractivity contribution in [3.63, 3.8) is 0 Å². The SMILES string of the molecule is CCCCOC(=O)c1ccccc1NC(=O)/C(C#N)=C\Nc1ncc(Br)cn1. The molecule has 144 valence electrons. The molecule has 0 unspecified atom stereocenters. The Kier molecular flexibility index (Phi) is 8.11. The molecule has 0 spiro atoms. The fraction of sp³-hybridized carbons (Fsp3) is 0.211. The highest BCUT2D eigenvalue weighted by Crippen LogP contribution is 2.17. The largest absolute Gasteiger partial charge is 0.462 e. The number of nitriles is 1. The Labute approximate surface area is 170 Å². The molecule has 0 radical (unpaired) electrons. The van der Waals surface area contributed by atoms with Crippen LogP contribution in [0.2, 0.25) is 0 Å². The Morgan fingerprint density at radius 2 is 2.00 bits per heavy atom. The number of rotatable bonds is 8. The molecule has 1 heterocycles. The van der Waals surface area contributed by atoms with Gasteiger partial charge < -0.3 is 15.4 Å². The number of esters is 1. The Morgan fingerprint density at radius 3 is 2.68 bits per heavy atom. The van der Waals surface area contributed by atoms with E-state index in [-0.39, 0.29) is 22.8 Å². The number of benzene rings is 1. The third-order valence-electron chi connectivity index (χ3n) is 3.46. The van der Waals surface area contributed by atoms with Crippen LogP contribution < -0.4 is 10.6 Å². The summed E-state index contributed by atoms with van der Waals surface area (Å²) < 4.78 is 5.89. The van der Waals surface area contributed by atoms with Gasteiger partial charge in [0.05, 0.1) is 22.3 Å². The molecule has 0 aliphatic rings. The third-order valence-corrected chi connectivity index (χ3v) is 3.87. The van der Waals surface area contributed by atoms with Gasteiger partial charge in [-0.1, -0.05) is 25.5 Å². The summed E-state index contributed by atoms with van der Waals surface area (Å²) >= 11 is 3.22. The molecule has 1 aromatic heterocycles. The van der Waals surface area contributed by atoms with Crippen LogP contribution in [-0.2, 0) is 9.53 Å². The molecule has 2 rings (SSSR count). The van der Waals surface area contributed by atoms with Crippen molar-refractivity contribution in [3.8, 4) is 6.07 Å². The van der Waals surface area contributed by atoms with Crippen molar-refractivity contribution in [3.05, 3.63) is 58.5 Å². The van der Waals surface area contributed by atoms with Crippen molar-refractivity contribution in [2.24, 2.45) is 0 Å². The van der Waals surface area contributed by atoms with E-state index in [4.69, 9.17) is 4.74 Å². The third kappa shape index (κ3) is 6.17. The van der Waals surface area contributed by atoms with Crippen molar-refractivity contribution < 1.29 is 14.3 Å². The highest BCUT2D eigenvalue weighted by atomic mass is 79.9. The van der Waals surface area contributed by atoms with Crippen LogP contribution in [0.3, 0.4) is 0 Å². The highest BCUT2D eigenvalue weighted by Gasteiger charge is 2.16. The Morgan fingerprint density at radius 1 is 1.29 bits per heavy atom. The Balaban J connectivity index is 2.10. The van der Waals surface area contributed by atoms with Crippen LogP contribution in [0.25, 0.3) is 0 Å².